The average Bonchev–Trinajstić information content (AvgIpc) is 2.30. The molecule has 1 N–H and O–H groups in total. The highest BCUT2D eigenvalue weighted by atomic mass is 32.1. The van der Waals surface area contributed by atoms with Crippen LogP contribution in [0.5, 0.6) is 0 Å². The summed E-state index contributed by atoms with van der Waals surface area (Å²) in [5, 5.41) is 8.86. The van der Waals surface area contributed by atoms with Crippen LogP contribution in [0.2, 0.25) is 0 Å². The molecule has 0 fully saturated rings. The van der Waals surface area contributed by atoms with Crippen LogP contribution >= 0.6 is 12.2 Å². The minimum absolute atomic E-state index is 0.109. The number of carboxylic acids is 1. The van der Waals surface area contributed by atoms with Gasteiger partial charge >= 0.3 is 5.97 Å². The highest BCUT2D eigenvalue weighted by Crippen LogP contribution is 2.08. The van der Waals surface area contributed by atoms with Crippen LogP contribution in [0, 0.1) is 4.77 Å². The number of hydrogen-bond acceptors (Lipinski definition) is 3. The Kier molecular flexibility index (Phi) is 2.78. The molecule has 0 bridgehead atoms. The molecule has 1 aromatic carbocycles. The van der Waals surface area contributed by atoms with E-state index < -0.39 is 5.97 Å². The van der Waals surface area contributed by atoms with E-state index >= 15 is 0 Å². The third-order valence-electron chi connectivity index (χ3n) is 2.07. The predicted molar refractivity (Wildman–Crippen MR) is 61.4 cm³/mol. The van der Waals surface area contributed by atoms with Gasteiger partial charge in [-0.25, -0.2) is 9.78 Å². The van der Waals surface area contributed by atoms with Crippen molar-refractivity contribution in [3.63, 3.8) is 0 Å². The molecule has 16 heavy (non-hydrogen) atoms. The SMILES string of the molecule is O=C(O)c1cnc(=S)n(-c2ccccc2)c1. The molecule has 0 saturated carbocycles. The van der Waals surface area contributed by atoms with Crippen LogP contribution in [-0.2, 0) is 0 Å². The number of aromatic carboxylic acids is 1. The molecular weight excluding hydrogens is 224 g/mol. The summed E-state index contributed by atoms with van der Waals surface area (Å²) < 4.78 is 1.90. The van der Waals surface area contributed by atoms with E-state index in [4.69, 9.17) is 17.3 Å². The number of nitrogens with zero attached hydrogens (tertiary/aromatic N) is 2. The predicted octanol–water partition coefficient (Wildman–Crippen LogP) is 2.30. The second-order valence-corrected chi connectivity index (χ2v) is 3.50. The molecule has 0 aliphatic heterocycles. The van der Waals surface area contributed by atoms with Gasteiger partial charge in [0.25, 0.3) is 0 Å². The summed E-state index contributed by atoms with van der Waals surface area (Å²) in [5.41, 5.74) is 0.903. The lowest BCUT2D eigenvalue weighted by molar-refractivity contribution is 0.0695. The first-order valence-corrected chi connectivity index (χ1v) is 4.97. The Morgan fingerprint density at radius 2 is 2.00 bits per heavy atom. The van der Waals surface area contributed by atoms with Crippen molar-refractivity contribution in [2.45, 2.75) is 0 Å². The van der Waals surface area contributed by atoms with Crippen molar-refractivity contribution >= 4 is 18.2 Å². The molecule has 4 nitrogen and oxygen atoms in total. The van der Waals surface area contributed by atoms with Gasteiger partial charge in [0.2, 0.25) is 4.77 Å². The summed E-state index contributed by atoms with van der Waals surface area (Å²) in [7, 11) is 0. The van der Waals surface area contributed by atoms with Crippen LogP contribution in [-0.4, -0.2) is 20.6 Å². The summed E-state index contributed by atoms with van der Waals surface area (Å²) in [6.07, 6.45) is 2.72. The van der Waals surface area contributed by atoms with Crippen LogP contribution < -0.4 is 0 Å². The van der Waals surface area contributed by atoms with Gasteiger partial charge in [-0.2, -0.15) is 0 Å². The molecule has 0 radical (unpaired) electrons. The lowest BCUT2D eigenvalue weighted by Crippen LogP contribution is -2.05. The second kappa shape index (κ2) is 4.24. The van der Waals surface area contributed by atoms with Crippen molar-refractivity contribution in [3.8, 4) is 5.69 Å². The molecule has 0 unspecified atom stereocenters. The fourth-order valence-corrected chi connectivity index (χ4v) is 1.51. The molecule has 0 amide bonds. The van der Waals surface area contributed by atoms with Crippen molar-refractivity contribution in [2.75, 3.05) is 0 Å². The Labute approximate surface area is 96.8 Å². The maximum Gasteiger partial charge on any atom is 0.338 e. The van der Waals surface area contributed by atoms with Gasteiger partial charge in [-0.15, -0.1) is 0 Å². The Morgan fingerprint density at radius 3 is 2.62 bits per heavy atom. The molecule has 5 heteroatoms. The quantitative estimate of drug-likeness (QED) is 0.807. The van der Waals surface area contributed by atoms with Crippen molar-refractivity contribution in [2.24, 2.45) is 0 Å². The van der Waals surface area contributed by atoms with Gasteiger partial charge in [-0.3, -0.25) is 4.57 Å². The number of aromatic nitrogens is 2. The summed E-state index contributed by atoms with van der Waals surface area (Å²) in [4.78, 5) is 14.7. The van der Waals surface area contributed by atoms with E-state index in [1.165, 1.54) is 12.4 Å². The molecule has 1 aromatic heterocycles. The van der Waals surface area contributed by atoms with Gasteiger partial charge in [0.05, 0.1) is 5.56 Å². The maximum atomic E-state index is 10.8. The van der Waals surface area contributed by atoms with Gasteiger partial charge in [0, 0.05) is 18.1 Å². The van der Waals surface area contributed by atoms with E-state index in [0.717, 1.165) is 5.69 Å². The summed E-state index contributed by atoms with van der Waals surface area (Å²) in [6, 6.07) is 9.25. The van der Waals surface area contributed by atoms with E-state index in [2.05, 4.69) is 4.98 Å². The molecular formula is C11H8N2O2S. The van der Waals surface area contributed by atoms with Gasteiger partial charge in [0.15, 0.2) is 0 Å². The van der Waals surface area contributed by atoms with Crippen LogP contribution in [0.15, 0.2) is 42.7 Å². The zero-order valence-corrected chi connectivity index (χ0v) is 9.02. The second-order valence-electron chi connectivity index (χ2n) is 3.14. The van der Waals surface area contributed by atoms with Crippen molar-refractivity contribution in [3.05, 3.63) is 53.1 Å². The Morgan fingerprint density at radius 1 is 1.31 bits per heavy atom. The number of rotatable bonds is 2. The molecule has 0 saturated heterocycles. The number of hydrogen-bond donors (Lipinski definition) is 1. The molecule has 2 rings (SSSR count). The molecule has 2 aromatic rings. The molecule has 80 valence electrons. The Bertz CT molecular complexity index is 578. The topological polar surface area (TPSA) is 55.1 Å². The van der Waals surface area contributed by atoms with Gasteiger partial charge in [-0.05, 0) is 24.4 Å². The van der Waals surface area contributed by atoms with Crippen LogP contribution in [0.3, 0.4) is 0 Å². The Balaban J connectivity index is 2.61. The minimum Gasteiger partial charge on any atom is -0.478 e. The first-order chi connectivity index (χ1) is 7.68. The smallest absolute Gasteiger partial charge is 0.338 e. The standard InChI is InChI=1S/C11H8N2O2S/c14-10(15)8-6-12-11(16)13(7-8)9-4-2-1-3-5-9/h1-7H,(H,14,15). The highest BCUT2D eigenvalue weighted by molar-refractivity contribution is 7.71. The zero-order chi connectivity index (χ0) is 11.5. The monoisotopic (exact) mass is 232 g/mol. The van der Waals surface area contributed by atoms with E-state index in [1.807, 2.05) is 30.3 Å². The number of benzene rings is 1. The number of para-hydroxylation sites is 1. The van der Waals surface area contributed by atoms with Gasteiger partial charge < -0.3 is 5.11 Å². The third kappa shape index (κ3) is 1.99. The van der Waals surface area contributed by atoms with Crippen molar-refractivity contribution in [1.82, 2.24) is 9.55 Å². The van der Waals surface area contributed by atoms with E-state index in [0.29, 0.717) is 4.77 Å². The molecule has 0 aliphatic rings. The highest BCUT2D eigenvalue weighted by Gasteiger charge is 2.05. The summed E-state index contributed by atoms with van der Waals surface area (Å²) in [6.45, 7) is 0. The van der Waals surface area contributed by atoms with Crippen LogP contribution in [0.25, 0.3) is 5.69 Å². The largest absolute Gasteiger partial charge is 0.478 e. The van der Waals surface area contributed by atoms with Crippen LogP contribution in [0.4, 0.5) is 0 Å². The lowest BCUT2D eigenvalue weighted by Gasteiger charge is -2.06. The molecule has 0 atom stereocenters. The van der Waals surface area contributed by atoms with Crippen molar-refractivity contribution < 1.29 is 9.90 Å². The number of carbonyl (C=O) groups is 1. The maximum absolute atomic E-state index is 10.8. The van der Waals surface area contributed by atoms with Gasteiger partial charge in [-0.1, -0.05) is 18.2 Å². The summed E-state index contributed by atoms with van der Waals surface area (Å²) in [5.74, 6) is -1.02. The first-order valence-electron chi connectivity index (χ1n) is 4.56. The third-order valence-corrected chi connectivity index (χ3v) is 2.37. The van der Waals surface area contributed by atoms with Crippen molar-refractivity contribution in [1.29, 1.82) is 0 Å². The zero-order valence-electron chi connectivity index (χ0n) is 8.20. The molecule has 1 heterocycles. The molecule has 0 spiro atoms. The van der Waals surface area contributed by atoms with E-state index in [1.54, 1.807) is 4.57 Å². The normalized spacial score (nSPS) is 10.0. The molecule has 0 aliphatic carbocycles. The fraction of sp³-hybridized carbons (Fsp3) is 0. The van der Waals surface area contributed by atoms with Gasteiger partial charge in [0.1, 0.15) is 0 Å². The summed E-state index contributed by atoms with van der Waals surface area (Å²) >= 11 is 5.04. The number of carboxylic acid groups (broad SMARTS) is 1. The van der Waals surface area contributed by atoms with E-state index in [9.17, 15) is 4.79 Å². The Hall–Kier alpha value is -2.01. The average molecular weight is 232 g/mol. The fourth-order valence-electron chi connectivity index (χ4n) is 1.30. The lowest BCUT2D eigenvalue weighted by atomic mass is 10.3. The minimum atomic E-state index is -1.02. The van der Waals surface area contributed by atoms with E-state index in [-0.39, 0.29) is 5.56 Å². The first kappa shape index (κ1) is 10.5. The van der Waals surface area contributed by atoms with Crippen LogP contribution in [0.1, 0.15) is 10.4 Å².